The molecule has 2 N–H and O–H groups in total. The summed E-state index contributed by atoms with van der Waals surface area (Å²) in [5.74, 6) is 0. The van der Waals surface area contributed by atoms with Crippen molar-refractivity contribution in [2.75, 3.05) is 5.73 Å². The zero-order valence-corrected chi connectivity index (χ0v) is 12.7. The molecular formula is C7H4Cl2F3I2N. The number of alkyl halides is 3. The molecule has 8 heteroatoms. The largest absolute Gasteiger partial charge is 0.416 e. The quantitative estimate of drug-likeness (QED) is 0.402. The molecule has 1 aromatic carbocycles. The van der Waals surface area contributed by atoms with Gasteiger partial charge in [-0.3, -0.25) is 0 Å². The lowest BCUT2D eigenvalue weighted by Gasteiger charge is -2.09. The molecule has 1 nitrogen and oxygen atoms in total. The van der Waals surface area contributed by atoms with Crippen LogP contribution in [0.25, 0.3) is 0 Å². The van der Waals surface area contributed by atoms with Crippen LogP contribution in [0.2, 0.25) is 5.02 Å². The van der Waals surface area contributed by atoms with Crippen LogP contribution in [0.3, 0.4) is 0 Å². The highest BCUT2D eigenvalue weighted by molar-refractivity contribution is 14.1. The molecule has 0 aliphatic rings. The van der Waals surface area contributed by atoms with Crippen LogP contribution in [0.1, 0.15) is 5.56 Å². The fraction of sp³-hybridized carbons (Fsp3) is 0.143. The summed E-state index contributed by atoms with van der Waals surface area (Å²) < 4.78 is 36.8. The van der Waals surface area contributed by atoms with E-state index >= 15 is 0 Å². The van der Waals surface area contributed by atoms with Crippen molar-refractivity contribution in [3.05, 3.63) is 26.3 Å². The van der Waals surface area contributed by atoms with Crippen molar-refractivity contribution < 1.29 is 13.2 Å². The number of benzene rings is 1. The summed E-state index contributed by atoms with van der Waals surface area (Å²) in [5.41, 5.74) is 4.78. The maximum atomic E-state index is 12.2. The smallest absolute Gasteiger partial charge is 0.397 e. The zero-order chi connectivity index (χ0) is 12.2. The third-order valence-corrected chi connectivity index (χ3v) is 2.61. The van der Waals surface area contributed by atoms with E-state index in [2.05, 4.69) is 8.91 Å². The molecule has 1 rings (SSSR count). The normalized spacial score (nSPS) is 10.6. The molecule has 0 fully saturated rings. The minimum Gasteiger partial charge on any atom is -0.397 e. The van der Waals surface area contributed by atoms with Gasteiger partial charge in [-0.1, -0.05) is 11.6 Å². The Labute approximate surface area is 120 Å². The lowest BCUT2D eigenvalue weighted by atomic mass is 10.2. The van der Waals surface area contributed by atoms with E-state index in [0.717, 1.165) is 12.1 Å². The maximum Gasteiger partial charge on any atom is 0.416 e. The third kappa shape index (κ3) is 4.70. The Hall–Kier alpha value is 0.850. The first kappa shape index (κ1) is 15.9. The van der Waals surface area contributed by atoms with E-state index in [4.69, 9.17) is 17.3 Å². The minimum atomic E-state index is -4.38. The second-order valence-corrected chi connectivity index (χ2v) is 3.92. The molecule has 0 spiro atoms. The van der Waals surface area contributed by atoms with Gasteiger partial charge >= 0.3 is 6.18 Å². The van der Waals surface area contributed by atoms with Crippen LogP contribution < -0.4 is 5.73 Å². The number of anilines is 1. The standard InChI is InChI=1S/C7H4ClF3IN.ClI/c8-4-1-3(7(9,10)11)2-5(12)6(4)13;1-2/h1-2H,13H2;. The first-order chi connectivity index (χ1) is 6.82. The summed E-state index contributed by atoms with van der Waals surface area (Å²) in [5, 5.41) is -0.0702. The summed E-state index contributed by atoms with van der Waals surface area (Å²) in [4.78, 5) is 0. The Morgan fingerprint density at radius 1 is 1.20 bits per heavy atom. The Morgan fingerprint density at radius 2 is 1.67 bits per heavy atom. The van der Waals surface area contributed by atoms with Gasteiger partial charge in [0.1, 0.15) is 0 Å². The van der Waals surface area contributed by atoms with Gasteiger partial charge in [-0.25, -0.2) is 0 Å². The Kier molecular flexibility index (Phi) is 6.92. The molecule has 0 aromatic heterocycles. The van der Waals surface area contributed by atoms with E-state index in [1.54, 1.807) is 44.1 Å². The first-order valence-electron chi connectivity index (χ1n) is 3.28. The fourth-order valence-corrected chi connectivity index (χ4v) is 1.75. The summed E-state index contributed by atoms with van der Waals surface area (Å²) >= 11 is 8.82. The van der Waals surface area contributed by atoms with Crippen molar-refractivity contribution >= 4 is 70.3 Å². The lowest BCUT2D eigenvalue weighted by molar-refractivity contribution is -0.137. The molecule has 86 valence electrons. The number of halogens is 7. The Balaban J connectivity index is 0.000000921. The van der Waals surface area contributed by atoms with Crippen LogP contribution in [0.15, 0.2) is 12.1 Å². The number of hydrogen-bond acceptors (Lipinski definition) is 1. The molecule has 0 unspecified atom stereocenters. The van der Waals surface area contributed by atoms with Gasteiger partial charge in [0.25, 0.3) is 0 Å². The summed E-state index contributed by atoms with van der Waals surface area (Å²) in [6.07, 6.45) is -4.38. The van der Waals surface area contributed by atoms with Gasteiger partial charge in [0.15, 0.2) is 0 Å². The van der Waals surface area contributed by atoms with Gasteiger partial charge in [-0.05, 0) is 43.6 Å². The lowest BCUT2D eigenvalue weighted by Crippen LogP contribution is -2.06. The SMILES string of the molecule is ClI.Nc1c(Cl)cc(C(F)(F)F)cc1I. The van der Waals surface area contributed by atoms with Gasteiger partial charge in [-0.15, -0.1) is 0 Å². The average molecular weight is 484 g/mol. The van der Waals surface area contributed by atoms with E-state index in [0.29, 0.717) is 3.57 Å². The molecule has 1 aromatic rings. The van der Waals surface area contributed by atoms with Crippen LogP contribution in [0.4, 0.5) is 18.9 Å². The van der Waals surface area contributed by atoms with Crippen molar-refractivity contribution in [3.63, 3.8) is 0 Å². The van der Waals surface area contributed by atoms with Gasteiger partial charge in [-0.2, -0.15) is 13.2 Å². The molecule has 0 aliphatic carbocycles. The molecule has 0 bridgehead atoms. The van der Waals surface area contributed by atoms with E-state index < -0.39 is 11.7 Å². The Morgan fingerprint density at radius 3 is 2.00 bits per heavy atom. The van der Waals surface area contributed by atoms with Crippen molar-refractivity contribution in [1.29, 1.82) is 0 Å². The molecule has 15 heavy (non-hydrogen) atoms. The van der Waals surface area contributed by atoms with Gasteiger partial charge in [0, 0.05) is 25.0 Å². The number of rotatable bonds is 0. The molecule has 0 heterocycles. The summed E-state index contributed by atoms with van der Waals surface area (Å²) in [6.45, 7) is 0. The molecule has 0 saturated carbocycles. The fourth-order valence-electron chi connectivity index (χ4n) is 0.748. The van der Waals surface area contributed by atoms with E-state index in [-0.39, 0.29) is 10.7 Å². The molecule has 0 aliphatic heterocycles. The van der Waals surface area contributed by atoms with Crippen LogP contribution in [-0.2, 0) is 6.18 Å². The number of hydrogen-bond donors (Lipinski definition) is 1. The summed E-state index contributed by atoms with van der Waals surface area (Å²) in [7, 11) is 4.61. The minimum absolute atomic E-state index is 0.0702. The highest BCUT2D eigenvalue weighted by Crippen LogP contribution is 2.35. The van der Waals surface area contributed by atoms with Crippen molar-refractivity contribution in [2.24, 2.45) is 0 Å². The monoisotopic (exact) mass is 483 g/mol. The van der Waals surface area contributed by atoms with Crippen molar-refractivity contribution in [3.8, 4) is 0 Å². The molecule has 0 amide bonds. The van der Waals surface area contributed by atoms with E-state index in [1.165, 1.54) is 0 Å². The third-order valence-electron chi connectivity index (χ3n) is 1.41. The number of nitrogen functional groups attached to an aromatic ring is 1. The van der Waals surface area contributed by atoms with Gasteiger partial charge < -0.3 is 5.73 Å². The highest BCUT2D eigenvalue weighted by Gasteiger charge is 2.31. The van der Waals surface area contributed by atoms with Crippen molar-refractivity contribution in [2.45, 2.75) is 6.18 Å². The van der Waals surface area contributed by atoms with Crippen LogP contribution in [0, 0.1) is 3.57 Å². The predicted molar refractivity (Wildman–Crippen MR) is 73.5 cm³/mol. The zero-order valence-electron chi connectivity index (χ0n) is 6.88. The average Bonchev–Trinajstić information content (AvgIpc) is 2.15. The number of nitrogens with two attached hydrogens (primary N) is 1. The van der Waals surface area contributed by atoms with Gasteiger partial charge in [0.2, 0.25) is 0 Å². The van der Waals surface area contributed by atoms with Gasteiger partial charge in [0.05, 0.1) is 16.3 Å². The first-order valence-corrected chi connectivity index (χ1v) is 7.47. The summed E-state index contributed by atoms with van der Waals surface area (Å²) in [6, 6.07) is 1.78. The topological polar surface area (TPSA) is 26.0 Å². The van der Waals surface area contributed by atoms with Crippen molar-refractivity contribution in [1.82, 2.24) is 0 Å². The Bertz CT molecular complexity index is 320. The predicted octanol–water partition coefficient (Wildman–Crippen LogP) is 5.12. The second kappa shape index (κ2) is 6.55. The second-order valence-electron chi connectivity index (χ2n) is 2.35. The maximum absolute atomic E-state index is 12.2. The van der Waals surface area contributed by atoms with Crippen LogP contribution in [0.5, 0.6) is 0 Å². The molecule has 0 saturated heterocycles. The molecular weight excluding hydrogens is 480 g/mol. The van der Waals surface area contributed by atoms with E-state index in [9.17, 15) is 13.2 Å². The molecule has 0 atom stereocenters. The van der Waals surface area contributed by atoms with Crippen LogP contribution in [-0.4, -0.2) is 0 Å². The molecule has 0 radical (unpaired) electrons. The highest BCUT2D eigenvalue weighted by atomic mass is 127. The van der Waals surface area contributed by atoms with E-state index in [1.807, 2.05) is 0 Å². The van der Waals surface area contributed by atoms with Crippen LogP contribution >= 0.6 is 64.6 Å².